The average Bonchev–Trinajstić information content (AvgIpc) is 1.66. The second kappa shape index (κ2) is 8.63. The fourth-order valence-corrected chi connectivity index (χ4v) is 0.445. The molecule has 1 N–H and O–H groups in total. The maximum atomic E-state index is 9.57. The molecule has 0 spiro atoms. The van der Waals surface area contributed by atoms with Gasteiger partial charge in [0.05, 0.1) is 18.0 Å². The standard InChI is InChI=1S/C3H8O4S.Li/c4-2-1-3-7-8(5)6;/h4H,1-3H2,(H,5,6);/q;+1/p-1. The first-order valence-corrected chi connectivity index (χ1v) is 3.10. The van der Waals surface area contributed by atoms with Crippen molar-refractivity contribution in [3.63, 3.8) is 0 Å². The Kier molecular flexibility index (Phi) is 11.8. The summed E-state index contributed by atoms with van der Waals surface area (Å²) in [6, 6.07) is 0. The smallest absolute Gasteiger partial charge is 0.750 e. The normalized spacial score (nSPS) is 12.2. The molecule has 4 nitrogen and oxygen atoms in total. The van der Waals surface area contributed by atoms with E-state index in [2.05, 4.69) is 4.18 Å². The van der Waals surface area contributed by atoms with Crippen LogP contribution in [0.15, 0.2) is 0 Å². The van der Waals surface area contributed by atoms with Gasteiger partial charge in [0.25, 0.3) is 0 Å². The first-order chi connectivity index (χ1) is 3.77. The van der Waals surface area contributed by atoms with Crippen molar-refractivity contribution in [2.75, 3.05) is 13.2 Å². The van der Waals surface area contributed by atoms with E-state index in [4.69, 9.17) is 5.11 Å². The van der Waals surface area contributed by atoms with Gasteiger partial charge < -0.3 is 13.8 Å². The third kappa shape index (κ3) is 12.0. The molecule has 50 valence electrons. The molecule has 1 atom stereocenters. The van der Waals surface area contributed by atoms with Gasteiger partial charge in [0.1, 0.15) is 0 Å². The second-order valence-electron chi connectivity index (χ2n) is 1.10. The Hall–Kier alpha value is 0.627. The zero-order valence-electron chi connectivity index (χ0n) is 5.20. The van der Waals surface area contributed by atoms with Crippen LogP contribution in [0, 0.1) is 0 Å². The predicted molar refractivity (Wildman–Crippen MR) is 26.6 cm³/mol. The van der Waals surface area contributed by atoms with Gasteiger partial charge in [-0.05, 0) is 6.42 Å². The molecule has 0 bridgehead atoms. The van der Waals surface area contributed by atoms with Crippen molar-refractivity contribution in [2.45, 2.75) is 6.42 Å². The molecule has 1 unspecified atom stereocenters. The van der Waals surface area contributed by atoms with Gasteiger partial charge >= 0.3 is 18.9 Å². The zero-order chi connectivity index (χ0) is 6.41. The number of rotatable bonds is 4. The largest absolute Gasteiger partial charge is 1.00 e. The monoisotopic (exact) mass is 146 g/mol. The van der Waals surface area contributed by atoms with E-state index in [-0.39, 0.29) is 32.1 Å². The van der Waals surface area contributed by atoms with Crippen molar-refractivity contribution in [3.8, 4) is 0 Å². The number of aliphatic hydroxyl groups excluding tert-OH is 1. The van der Waals surface area contributed by atoms with Gasteiger partial charge in [-0.3, -0.25) is 0 Å². The van der Waals surface area contributed by atoms with Gasteiger partial charge in [0, 0.05) is 6.61 Å². The molecule has 0 radical (unpaired) electrons. The number of aliphatic hydroxyl groups is 1. The minimum atomic E-state index is -2.43. The van der Waals surface area contributed by atoms with Gasteiger partial charge in [-0.25, -0.2) is 4.21 Å². The number of hydrogen-bond donors (Lipinski definition) is 1. The summed E-state index contributed by atoms with van der Waals surface area (Å²) in [5.41, 5.74) is 0. The summed E-state index contributed by atoms with van der Waals surface area (Å²) in [6.45, 7) is 0.0177. The van der Waals surface area contributed by atoms with Crippen LogP contribution < -0.4 is 18.9 Å². The van der Waals surface area contributed by atoms with E-state index >= 15 is 0 Å². The molecule has 0 aromatic rings. The third-order valence-electron chi connectivity index (χ3n) is 0.482. The van der Waals surface area contributed by atoms with E-state index in [0.29, 0.717) is 6.42 Å². The molecule has 0 aliphatic rings. The van der Waals surface area contributed by atoms with Crippen molar-refractivity contribution < 1.29 is 36.9 Å². The molecule has 0 saturated carbocycles. The average molecular weight is 146 g/mol. The quantitative estimate of drug-likeness (QED) is 0.251. The summed E-state index contributed by atoms with van der Waals surface area (Å²) in [5, 5.41) is 8.10. The van der Waals surface area contributed by atoms with E-state index < -0.39 is 11.4 Å². The Morgan fingerprint density at radius 1 is 1.67 bits per heavy atom. The van der Waals surface area contributed by atoms with Crippen LogP contribution in [0.1, 0.15) is 6.42 Å². The summed E-state index contributed by atoms with van der Waals surface area (Å²) in [4.78, 5) is 0. The van der Waals surface area contributed by atoms with Crippen LogP contribution in [0.5, 0.6) is 0 Å². The topological polar surface area (TPSA) is 69.6 Å². The first-order valence-electron chi connectivity index (χ1n) is 2.10. The van der Waals surface area contributed by atoms with Gasteiger partial charge in [-0.1, -0.05) is 0 Å². The minimum Gasteiger partial charge on any atom is -0.750 e. The second-order valence-corrected chi connectivity index (χ2v) is 1.75. The fraction of sp³-hybridized carbons (Fsp3) is 1.00. The zero-order valence-corrected chi connectivity index (χ0v) is 6.02. The van der Waals surface area contributed by atoms with Gasteiger partial charge in [-0.15, -0.1) is 0 Å². The molecule has 9 heavy (non-hydrogen) atoms. The summed E-state index contributed by atoms with van der Waals surface area (Å²) in [5.74, 6) is 0. The molecule has 0 aromatic carbocycles. The van der Waals surface area contributed by atoms with E-state index in [1.807, 2.05) is 0 Å². The third-order valence-corrected chi connectivity index (χ3v) is 0.841. The summed E-state index contributed by atoms with van der Waals surface area (Å²) in [7, 11) is 0. The summed E-state index contributed by atoms with van der Waals surface area (Å²) in [6.07, 6.45) is 0.355. The molecule has 0 amide bonds. The molecule has 0 rings (SSSR count). The summed E-state index contributed by atoms with van der Waals surface area (Å²) >= 11 is -2.43. The van der Waals surface area contributed by atoms with E-state index in [1.54, 1.807) is 0 Å². The molecule has 0 aliphatic carbocycles. The maximum absolute atomic E-state index is 9.57. The number of hydrogen-bond acceptors (Lipinski definition) is 4. The van der Waals surface area contributed by atoms with Crippen molar-refractivity contribution in [2.24, 2.45) is 0 Å². The van der Waals surface area contributed by atoms with Crippen molar-refractivity contribution in [3.05, 3.63) is 0 Å². The SMILES string of the molecule is O=S([O-])OCCCO.[Li+]. The Balaban J connectivity index is 0. The fourth-order valence-electron chi connectivity index (χ4n) is 0.192. The van der Waals surface area contributed by atoms with E-state index in [1.165, 1.54) is 0 Å². The molecule has 0 saturated heterocycles. The van der Waals surface area contributed by atoms with Gasteiger partial charge in [0.15, 0.2) is 0 Å². The predicted octanol–water partition coefficient (Wildman–Crippen LogP) is -3.82. The van der Waals surface area contributed by atoms with Crippen LogP contribution in [0.25, 0.3) is 0 Å². The molecule has 6 heteroatoms. The molecule has 0 aromatic heterocycles. The van der Waals surface area contributed by atoms with Crippen molar-refractivity contribution >= 4 is 11.4 Å². The molecular weight excluding hydrogens is 139 g/mol. The van der Waals surface area contributed by atoms with Crippen LogP contribution >= 0.6 is 0 Å². The minimum absolute atomic E-state index is 0. The first kappa shape index (κ1) is 12.3. The van der Waals surface area contributed by atoms with Crippen LogP contribution in [0.2, 0.25) is 0 Å². The Bertz CT molecular complexity index is 78.2. The van der Waals surface area contributed by atoms with Gasteiger partial charge in [0.2, 0.25) is 0 Å². The van der Waals surface area contributed by atoms with Crippen LogP contribution in [-0.4, -0.2) is 27.1 Å². The summed E-state index contributed by atoms with van der Waals surface area (Å²) < 4.78 is 23.2. The molecule has 0 fully saturated rings. The van der Waals surface area contributed by atoms with Crippen LogP contribution in [0.3, 0.4) is 0 Å². The van der Waals surface area contributed by atoms with Crippen molar-refractivity contribution in [1.29, 1.82) is 0 Å². The van der Waals surface area contributed by atoms with E-state index in [9.17, 15) is 8.76 Å². The Morgan fingerprint density at radius 3 is 2.56 bits per heavy atom. The Morgan fingerprint density at radius 2 is 2.22 bits per heavy atom. The van der Waals surface area contributed by atoms with Crippen LogP contribution in [-0.2, 0) is 15.5 Å². The maximum Gasteiger partial charge on any atom is 1.00 e. The van der Waals surface area contributed by atoms with Gasteiger partial charge in [-0.2, -0.15) is 0 Å². The van der Waals surface area contributed by atoms with E-state index in [0.717, 1.165) is 0 Å². The molecule has 0 aliphatic heterocycles. The molecule has 0 heterocycles. The van der Waals surface area contributed by atoms with Crippen molar-refractivity contribution in [1.82, 2.24) is 0 Å². The molecular formula is C3H7LiO4S. The van der Waals surface area contributed by atoms with Crippen LogP contribution in [0.4, 0.5) is 0 Å². The Labute approximate surface area is 68.3 Å².